The number of aromatic nitrogens is 4. The van der Waals surface area contributed by atoms with Crippen LogP contribution in [0.25, 0.3) is 0 Å². The Morgan fingerprint density at radius 3 is 1.94 bits per heavy atom. The van der Waals surface area contributed by atoms with Gasteiger partial charge in [0.05, 0.1) is 4.47 Å². The van der Waals surface area contributed by atoms with E-state index in [9.17, 15) is 9.59 Å². The van der Waals surface area contributed by atoms with Gasteiger partial charge in [-0.05, 0) is 39.6 Å². The maximum Gasteiger partial charge on any atom is 0.229 e. The molecule has 0 saturated carbocycles. The molecular formula is C22H28BBrN10O2. The number of rotatable bonds is 12. The number of carbonyl (C=O) groups excluding carboxylic acids is 2. The van der Waals surface area contributed by atoms with Gasteiger partial charge in [-0.15, -0.1) is 0 Å². The van der Waals surface area contributed by atoms with E-state index in [1.54, 1.807) is 12.4 Å². The standard InChI is InChI=1S/C22H28BBrN10O2/c1-13(35)25-6-8-27-19-17(23)11-29-21(33-19)31-15-4-3-5-16(10-15)32-22-30-12-18(24)20(34-22)28-9-7-26-14(2)36/h3-5,10-12H,6-9,23H2,1-2H3,(H,25,35)(H,26,36)(H2,27,29,31,33)(H2,28,30,32,34). The summed E-state index contributed by atoms with van der Waals surface area (Å²) in [4.78, 5) is 39.7. The fourth-order valence-corrected chi connectivity index (χ4v) is 3.34. The van der Waals surface area contributed by atoms with Gasteiger partial charge in [0.15, 0.2) is 0 Å². The number of anilines is 6. The van der Waals surface area contributed by atoms with Crippen LogP contribution in [-0.4, -0.2) is 65.8 Å². The number of nitrogens with zero attached hydrogens (tertiary/aromatic N) is 4. The van der Waals surface area contributed by atoms with Crippen LogP contribution < -0.4 is 37.4 Å². The van der Waals surface area contributed by atoms with Gasteiger partial charge in [0, 0.05) is 63.8 Å². The van der Waals surface area contributed by atoms with E-state index in [0.717, 1.165) is 16.8 Å². The molecule has 0 aliphatic carbocycles. The Balaban J connectivity index is 1.63. The summed E-state index contributed by atoms with van der Waals surface area (Å²) < 4.78 is 0.712. The smallest absolute Gasteiger partial charge is 0.229 e. The van der Waals surface area contributed by atoms with Crippen LogP contribution in [0.2, 0.25) is 0 Å². The molecule has 14 heteroatoms. The van der Waals surface area contributed by atoms with E-state index in [-0.39, 0.29) is 11.8 Å². The molecule has 2 aromatic heterocycles. The summed E-state index contributed by atoms with van der Waals surface area (Å²) in [5.41, 5.74) is 2.44. The van der Waals surface area contributed by atoms with Gasteiger partial charge in [0.25, 0.3) is 0 Å². The summed E-state index contributed by atoms with van der Waals surface area (Å²) >= 11 is 3.43. The highest BCUT2D eigenvalue weighted by Crippen LogP contribution is 2.24. The molecule has 0 bridgehead atoms. The first-order chi connectivity index (χ1) is 17.3. The molecule has 0 aliphatic rings. The van der Waals surface area contributed by atoms with Crippen molar-refractivity contribution in [1.82, 2.24) is 30.6 Å². The van der Waals surface area contributed by atoms with E-state index in [1.807, 2.05) is 32.1 Å². The van der Waals surface area contributed by atoms with Crippen LogP contribution in [0.3, 0.4) is 0 Å². The molecule has 0 atom stereocenters. The Hall–Kier alpha value is -3.94. The summed E-state index contributed by atoms with van der Waals surface area (Å²) in [5, 5.41) is 18.2. The van der Waals surface area contributed by atoms with Gasteiger partial charge in [-0.25, -0.2) is 9.97 Å². The molecular weight excluding hydrogens is 527 g/mol. The lowest BCUT2D eigenvalue weighted by Gasteiger charge is -2.13. The molecule has 0 fully saturated rings. The summed E-state index contributed by atoms with van der Waals surface area (Å²) in [5.74, 6) is 1.99. The third kappa shape index (κ3) is 8.69. The number of amides is 2. The van der Waals surface area contributed by atoms with E-state index >= 15 is 0 Å². The normalized spacial score (nSPS) is 10.3. The molecule has 1 aromatic carbocycles. The quantitative estimate of drug-likeness (QED) is 0.140. The largest absolute Gasteiger partial charge is 0.369 e. The van der Waals surface area contributed by atoms with Gasteiger partial charge in [-0.1, -0.05) is 6.07 Å². The number of carbonyl (C=O) groups is 2. The molecule has 0 radical (unpaired) electrons. The third-order valence-electron chi connectivity index (χ3n) is 4.67. The average molecular weight is 555 g/mol. The molecule has 0 saturated heterocycles. The molecule has 0 unspecified atom stereocenters. The van der Waals surface area contributed by atoms with Crippen molar-refractivity contribution in [3.63, 3.8) is 0 Å². The second-order valence-corrected chi connectivity index (χ2v) is 8.62. The van der Waals surface area contributed by atoms with Gasteiger partial charge in [-0.3, -0.25) is 9.59 Å². The Morgan fingerprint density at radius 2 is 1.36 bits per heavy atom. The predicted molar refractivity (Wildman–Crippen MR) is 147 cm³/mol. The van der Waals surface area contributed by atoms with Crippen LogP contribution in [0.5, 0.6) is 0 Å². The van der Waals surface area contributed by atoms with Crippen molar-refractivity contribution in [1.29, 1.82) is 0 Å². The van der Waals surface area contributed by atoms with Crippen molar-refractivity contribution < 1.29 is 9.59 Å². The van der Waals surface area contributed by atoms with Crippen molar-refractivity contribution in [3.8, 4) is 0 Å². The van der Waals surface area contributed by atoms with Crippen LogP contribution in [0.15, 0.2) is 41.1 Å². The molecule has 3 aromatic rings. The zero-order valence-electron chi connectivity index (χ0n) is 20.3. The maximum absolute atomic E-state index is 11.0. The number of hydrogen-bond acceptors (Lipinski definition) is 10. The van der Waals surface area contributed by atoms with E-state index in [1.165, 1.54) is 13.8 Å². The monoisotopic (exact) mass is 554 g/mol. The Bertz CT molecular complexity index is 1120. The zero-order chi connectivity index (χ0) is 25.9. The summed E-state index contributed by atoms with van der Waals surface area (Å²) in [7, 11) is 1.91. The SMILES string of the molecule is Bc1cnc(Nc2cccc(Nc3ncc(Br)c(NCCNC(C)=O)n3)c2)nc1NCCNC(C)=O. The summed E-state index contributed by atoms with van der Waals surface area (Å²) in [6, 6.07) is 7.57. The Morgan fingerprint density at radius 1 is 0.833 bits per heavy atom. The highest BCUT2D eigenvalue weighted by Gasteiger charge is 2.08. The van der Waals surface area contributed by atoms with Crippen molar-refractivity contribution in [2.75, 3.05) is 47.4 Å². The van der Waals surface area contributed by atoms with Gasteiger partial charge in [-0.2, -0.15) is 9.97 Å². The molecule has 6 N–H and O–H groups in total. The Kier molecular flexibility index (Phi) is 9.80. The zero-order valence-corrected chi connectivity index (χ0v) is 21.9. The van der Waals surface area contributed by atoms with Gasteiger partial charge in [0.1, 0.15) is 19.5 Å². The van der Waals surface area contributed by atoms with Crippen molar-refractivity contribution >= 4 is 76.0 Å². The second-order valence-electron chi connectivity index (χ2n) is 7.77. The van der Waals surface area contributed by atoms with Crippen LogP contribution in [0, 0.1) is 0 Å². The molecule has 12 nitrogen and oxygen atoms in total. The molecule has 0 aliphatic heterocycles. The first kappa shape index (κ1) is 26.7. The minimum atomic E-state index is -0.0834. The second kappa shape index (κ2) is 13.2. The highest BCUT2D eigenvalue weighted by molar-refractivity contribution is 9.10. The fourth-order valence-electron chi connectivity index (χ4n) is 3.00. The van der Waals surface area contributed by atoms with Crippen molar-refractivity contribution in [3.05, 3.63) is 41.1 Å². The van der Waals surface area contributed by atoms with Crippen molar-refractivity contribution in [2.24, 2.45) is 0 Å². The number of benzene rings is 1. The number of hydrogen-bond donors (Lipinski definition) is 6. The highest BCUT2D eigenvalue weighted by atomic mass is 79.9. The average Bonchev–Trinajstić information content (AvgIpc) is 2.83. The van der Waals surface area contributed by atoms with Crippen LogP contribution in [0.4, 0.5) is 34.9 Å². The van der Waals surface area contributed by atoms with Crippen molar-refractivity contribution in [2.45, 2.75) is 13.8 Å². The minimum absolute atomic E-state index is 0.0740. The molecule has 2 heterocycles. The lowest BCUT2D eigenvalue weighted by atomic mass is 9.99. The first-order valence-corrected chi connectivity index (χ1v) is 12.1. The fraction of sp³-hybridized carbons (Fsp3) is 0.273. The number of halogens is 1. The van der Waals surface area contributed by atoms with Gasteiger partial charge in [0.2, 0.25) is 23.7 Å². The molecule has 2 amide bonds. The van der Waals surface area contributed by atoms with E-state index in [2.05, 4.69) is 67.8 Å². The maximum atomic E-state index is 11.0. The molecule has 36 heavy (non-hydrogen) atoms. The summed E-state index contributed by atoms with van der Waals surface area (Å²) in [6.07, 6.45) is 3.38. The minimum Gasteiger partial charge on any atom is -0.369 e. The van der Waals surface area contributed by atoms with Crippen LogP contribution in [-0.2, 0) is 9.59 Å². The van der Waals surface area contributed by atoms with Gasteiger partial charge >= 0.3 is 0 Å². The summed E-state index contributed by atoms with van der Waals surface area (Å²) in [6.45, 7) is 5.01. The van der Waals surface area contributed by atoms with Gasteiger partial charge < -0.3 is 31.9 Å². The van der Waals surface area contributed by atoms with Crippen LogP contribution in [0.1, 0.15) is 13.8 Å². The number of nitrogens with one attached hydrogen (secondary N) is 6. The predicted octanol–water partition coefficient (Wildman–Crippen LogP) is 0.871. The lowest BCUT2D eigenvalue weighted by molar-refractivity contribution is -0.119. The molecule has 188 valence electrons. The van der Waals surface area contributed by atoms with E-state index < -0.39 is 0 Å². The molecule has 3 rings (SSSR count). The lowest BCUT2D eigenvalue weighted by Crippen LogP contribution is -2.28. The first-order valence-electron chi connectivity index (χ1n) is 11.3. The topological polar surface area (TPSA) is 158 Å². The van der Waals surface area contributed by atoms with E-state index in [4.69, 9.17) is 0 Å². The third-order valence-corrected chi connectivity index (χ3v) is 5.25. The molecule has 0 spiro atoms. The van der Waals surface area contributed by atoms with Crippen LogP contribution >= 0.6 is 15.9 Å². The van der Waals surface area contributed by atoms with E-state index in [0.29, 0.717) is 54.2 Å². The Labute approximate surface area is 218 Å².